The Labute approximate surface area is 507 Å². The molecule has 6 heterocycles. The number of thiazole rings is 2. The van der Waals surface area contributed by atoms with Gasteiger partial charge >= 0.3 is 128 Å². The third-order valence-electron chi connectivity index (χ3n) is 14.6. The first-order chi connectivity index (χ1) is 40.6. The SMILES string of the molecule is CCC[CH2][Sn]([CH2]CCC)([CH2]CCC)[c]1cnc(C)s1.[C-]#[N+]c1cnc(N)nc1N[C@@H](C)c1cc2cccc(-c3cnc(C)s3)c2c(=O)n1-c1ccccc1.[C-]#[N+]c1cnc(N)nc1N[C@@H](C)c1cc2cccc(Cl)c2c(=O)n1-c1ccccc1. The van der Waals surface area contributed by atoms with E-state index in [1.54, 1.807) is 48.8 Å². The third kappa shape index (κ3) is 14.5. The molecule has 0 aliphatic carbocycles. The molecule has 6 N–H and O–H groups in total. The number of unbranched alkanes of at least 4 members (excludes halogenated alkanes) is 3. The van der Waals surface area contributed by atoms with Crippen LogP contribution in [0.2, 0.25) is 18.3 Å². The van der Waals surface area contributed by atoms with Crippen LogP contribution in [0.25, 0.3) is 53.1 Å². The number of halogens is 1. The van der Waals surface area contributed by atoms with E-state index in [4.69, 9.17) is 36.2 Å². The summed E-state index contributed by atoms with van der Waals surface area (Å²) in [5.74, 6) is 0.752. The van der Waals surface area contributed by atoms with Crippen LogP contribution in [0.5, 0.6) is 0 Å². The zero-order valence-electron chi connectivity index (χ0n) is 48.4. The summed E-state index contributed by atoms with van der Waals surface area (Å²) in [7, 11) is 0. The van der Waals surface area contributed by atoms with Crippen LogP contribution in [-0.2, 0) is 0 Å². The van der Waals surface area contributed by atoms with Crippen LogP contribution in [0.1, 0.15) is 107 Å². The van der Waals surface area contributed by atoms with E-state index in [2.05, 4.69) is 84.1 Å². The summed E-state index contributed by atoms with van der Waals surface area (Å²) in [4.78, 5) is 60.5. The molecule has 0 spiro atoms. The summed E-state index contributed by atoms with van der Waals surface area (Å²) in [5.41, 5.74) is 15.3. The van der Waals surface area contributed by atoms with Crippen molar-refractivity contribution < 1.29 is 0 Å². The molecule has 2 atom stereocenters. The number of rotatable bonds is 19. The largest absolute Gasteiger partial charge is 0.371 e. The number of aryl methyl sites for hydroxylation is 2. The average Bonchev–Trinajstić information content (AvgIpc) is 4.31. The van der Waals surface area contributed by atoms with Gasteiger partial charge in [-0.15, -0.1) is 11.3 Å². The van der Waals surface area contributed by atoms with Crippen LogP contribution in [0.15, 0.2) is 144 Å². The van der Waals surface area contributed by atoms with Crippen molar-refractivity contribution in [3.05, 3.63) is 204 Å². The van der Waals surface area contributed by atoms with Crippen molar-refractivity contribution in [1.82, 2.24) is 39.0 Å². The molecule has 430 valence electrons. The molecule has 0 radical (unpaired) electrons. The molecular formula is C64H69ClN14O2S2Sn. The zero-order valence-corrected chi connectivity index (χ0v) is 53.6. The fraction of sp³-hybridized carbons (Fsp3) is 0.281. The minimum Gasteiger partial charge on any atom is -0.371 e. The van der Waals surface area contributed by atoms with E-state index in [1.807, 2.05) is 135 Å². The number of hydrogen-bond acceptors (Lipinski definition) is 14. The molecule has 0 amide bonds. The minimum absolute atomic E-state index is 0.0582. The predicted molar refractivity (Wildman–Crippen MR) is 351 cm³/mol. The van der Waals surface area contributed by atoms with Crippen LogP contribution in [0, 0.1) is 27.0 Å². The molecule has 0 aliphatic heterocycles. The van der Waals surface area contributed by atoms with Gasteiger partial charge < -0.3 is 22.1 Å². The van der Waals surface area contributed by atoms with Gasteiger partial charge in [0.05, 0.1) is 50.9 Å². The van der Waals surface area contributed by atoms with Gasteiger partial charge in [-0.2, -0.15) is 0 Å². The second-order valence-electron chi connectivity index (χ2n) is 20.5. The number of para-hydroxylation sites is 2. The van der Waals surface area contributed by atoms with Crippen LogP contribution in [0.4, 0.5) is 34.9 Å². The summed E-state index contributed by atoms with van der Waals surface area (Å²) in [6.45, 7) is 29.7. The Morgan fingerprint density at radius 3 is 1.49 bits per heavy atom. The Morgan fingerprint density at radius 1 is 0.595 bits per heavy atom. The van der Waals surface area contributed by atoms with Crippen LogP contribution >= 0.6 is 34.3 Å². The second-order valence-corrected chi connectivity index (χ2v) is 37.6. The molecule has 0 fully saturated rings. The topological polar surface area (TPSA) is 206 Å². The number of nitrogens with two attached hydrogens (primary N) is 2. The molecule has 84 heavy (non-hydrogen) atoms. The molecule has 10 aromatic rings. The smallest absolute Gasteiger partial charge is 0.264 e. The molecule has 0 saturated carbocycles. The first kappa shape index (κ1) is 62.0. The van der Waals surface area contributed by atoms with Crippen LogP contribution in [-0.4, -0.2) is 57.4 Å². The van der Waals surface area contributed by atoms with Crippen LogP contribution in [0.3, 0.4) is 0 Å². The number of nitrogens with zero attached hydrogens (tertiary/aromatic N) is 10. The minimum atomic E-state index is -2.12. The van der Waals surface area contributed by atoms with Crippen molar-refractivity contribution in [3.63, 3.8) is 0 Å². The average molecular weight is 1280 g/mol. The second kappa shape index (κ2) is 29.0. The Morgan fingerprint density at radius 2 is 1.05 bits per heavy atom. The van der Waals surface area contributed by atoms with Gasteiger partial charge in [0.25, 0.3) is 11.1 Å². The van der Waals surface area contributed by atoms with Gasteiger partial charge in [0, 0.05) is 46.9 Å². The van der Waals surface area contributed by atoms with Gasteiger partial charge in [0.2, 0.25) is 23.3 Å². The van der Waals surface area contributed by atoms with E-state index < -0.39 is 18.4 Å². The van der Waals surface area contributed by atoms with Crippen molar-refractivity contribution in [2.24, 2.45) is 0 Å². The molecule has 6 aromatic heterocycles. The number of anilines is 4. The number of benzene rings is 4. The predicted octanol–water partition coefficient (Wildman–Crippen LogP) is 15.8. The molecule has 0 unspecified atom stereocenters. The number of hydrogen-bond donors (Lipinski definition) is 4. The molecule has 0 bridgehead atoms. The normalized spacial score (nSPS) is 11.8. The van der Waals surface area contributed by atoms with Gasteiger partial charge in [0.15, 0.2) is 0 Å². The van der Waals surface area contributed by atoms with E-state index in [9.17, 15) is 9.59 Å². The van der Waals surface area contributed by atoms with Crippen molar-refractivity contribution in [3.8, 4) is 21.8 Å². The summed E-state index contributed by atoms with van der Waals surface area (Å²) >= 11 is 7.81. The van der Waals surface area contributed by atoms with Gasteiger partial charge in [0.1, 0.15) is 11.6 Å². The zero-order chi connectivity index (χ0) is 59.9. The van der Waals surface area contributed by atoms with Crippen molar-refractivity contribution in [2.75, 3.05) is 22.1 Å². The molecule has 10 rings (SSSR count). The molecular weight excluding hydrogens is 1220 g/mol. The van der Waals surface area contributed by atoms with Gasteiger partial charge in [-0.25, -0.2) is 34.6 Å². The van der Waals surface area contributed by atoms with Crippen molar-refractivity contribution in [2.45, 2.75) is 112 Å². The Hall–Kier alpha value is -8.01. The number of pyridine rings is 2. The van der Waals surface area contributed by atoms with E-state index >= 15 is 0 Å². The molecule has 0 aliphatic rings. The summed E-state index contributed by atoms with van der Waals surface area (Å²) in [6.07, 6.45) is 15.2. The number of nitrogen functional groups attached to an aromatic ring is 2. The molecule has 4 aromatic carbocycles. The van der Waals surface area contributed by atoms with Crippen LogP contribution < -0.4 is 36.1 Å². The van der Waals surface area contributed by atoms with Crippen molar-refractivity contribution in [1.29, 1.82) is 0 Å². The summed E-state index contributed by atoms with van der Waals surface area (Å²) in [5, 5.41) is 11.7. The molecule has 0 saturated heterocycles. The number of fused-ring (bicyclic) bond motifs is 2. The molecule has 16 nitrogen and oxygen atoms in total. The van der Waals surface area contributed by atoms with Gasteiger partial charge in [-0.1, -0.05) is 78.3 Å². The maximum Gasteiger partial charge on any atom is 0.264 e. The van der Waals surface area contributed by atoms with E-state index in [-0.39, 0.29) is 46.5 Å². The van der Waals surface area contributed by atoms with Gasteiger partial charge in [-0.05, 0) is 74.0 Å². The Balaban J connectivity index is 0.000000172. The quantitative estimate of drug-likeness (QED) is 0.0441. The molecule has 20 heteroatoms. The first-order valence-electron chi connectivity index (χ1n) is 28.2. The standard InChI is InChI=1S/C26H21N7OS.C22H17ClN6O.C4H4NS.3C4H9.Sn/c1-15(31-24-20(28-3)13-30-26(27)32-24)21-12-17-8-7-11-19(22-14-29-16(2)35-22)23(17)25(34)33(21)18-9-5-4-6-10-18;1-13(27-20-17(25-2)12-26-22(24)28-20)18-11-14-7-6-10-16(23)19(14)21(30)29(18)15-8-4-3-5-9-15;1-4-5-2-3-6-4;3*1-3-4-2;/h4-15H,1-2H3,(H3,27,30,31,32);3-13H,1H3,(H3,24,26,27,28);2H,1H3;3*1,3-4H2,2H3;/t15-;13-;;;;;/m00...../s1. The first-order valence-corrected chi connectivity index (χ1v) is 37.7. The fourth-order valence-electron chi connectivity index (χ4n) is 10.3. The van der Waals surface area contributed by atoms with E-state index in [0.717, 1.165) is 37.6 Å². The monoisotopic (exact) mass is 1280 g/mol. The van der Waals surface area contributed by atoms with Gasteiger partial charge in [-0.3, -0.25) is 18.7 Å². The van der Waals surface area contributed by atoms with E-state index in [0.29, 0.717) is 38.8 Å². The Kier molecular flexibility index (Phi) is 21.4. The fourth-order valence-corrected chi connectivity index (χ4v) is 31.4. The number of aromatic nitrogens is 8. The summed E-state index contributed by atoms with van der Waals surface area (Å²) < 4.78 is 9.78. The summed E-state index contributed by atoms with van der Waals surface area (Å²) in [6, 6.07) is 33.2. The maximum atomic E-state index is 14.1. The van der Waals surface area contributed by atoms with E-state index in [1.165, 1.54) is 55.9 Å². The van der Waals surface area contributed by atoms with Crippen molar-refractivity contribution >= 4 is 112 Å². The third-order valence-corrected chi connectivity index (χ3v) is 34.9. The number of nitrogens with one attached hydrogen (secondary N) is 2. The maximum absolute atomic E-state index is 14.1. The Bertz CT molecular complexity index is 4080.